The second-order valence-electron chi connectivity index (χ2n) is 6.60. The van der Waals surface area contributed by atoms with Crippen LogP contribution in [-0.2, 0) is 4.74 Å². The number of carbonyl (C=O) groups is 1. The number of amides is 1. The van der Waals surface area contributed by atoms with E-state index >= 15 is 0 Å². The van der Waals surface area contributed by atoms with Gasteiger partial charge in [0.25, 0.3) is 5.91 Å². The molecule has 3 heterocycles. The molecule has 1 aromatic carbocycles. The van der Waals surface area contributed by atoms with Crippen molar-refractivity contribution in [2.24, 2.45) is 0 Å². The maximum atomic E-state index is 12.8. The zero-order valence-corrected chi connectivity index (χ0v) is 16.6. The number of thiazole rings is 1. The van der Waals surface area contributed by atoms with Gasteiger partial charge in [0, 0.05) is 29.2 Å². The summed E-state index contributed by atoms with van der Waals surface area (Å²) < 4.78 is 5.92. The Morgan fingerprint density at radius 1 is 1.25 bits per heavy atom. The van der Waals surface area contributed by atoms with Crippen molar-refractivity contribution in [1.29, 1.82) is 0 Å². The number of carbonyl (C=O) groups excluding carboxylic acids is 1. The molecule has 1 atom stereocenters. The number of anilines is 2. The van der Waals surface area contributed by atoms with Crippen LogP contribution in [0, 0.1) is 13.8 Å². The quantitative estimate of drug-likeness (QED) is 0.728. The van der Waals surface area contributed by atoms with Crippen LogP contribution in [0.1, 0.15) is 32.9 Å². The van der Waals surface area contributed by atoms with Crippen molar-refractivity contribution in [3.05, 3.63) is 64.6 Å². The van der Waals surface area contributed by atoms with Crippen LogP contribution < -0.4 is 5.32 Å². The molecular formula is C20H21N5O2S. The monoisotopic (exact) mass is 395 g/mol. The summed E-state index contributed by atoms with van der Waals surface area (Å²) in [5, 5.41) is 4.01. The van der Waals surface area contributed by atoms with E-state index in [0.29, 0.717) is 36.9 Å². The molecule has 2 aromatic heterocycles. The Kier molecular flexibility index (Phi) is 5.31. The van der Waals surface area contributed by atoms with Crippen LogP contribution >= 0.6 is 11.3 Å². The van der Waals surface area contributed by atoms with Gasteiger partial charge >= 0.3 is 0 Å². The molecule has 0 unspecified atom stereocenters. The summed E-state index contributed by atoms with van der Waals surface area (Å²) >= 11 is 1.57. The Labute approximate surface area is 167 Å². The normalized spacial score (nSPS) is 16.8. The van der Waals surface area contributed by atoms with E-state index in [1.54, 1.807) is 11.3 Å². The molecule has 0 spiro atoms. The number of benzene rings is 1. The highest BCUT2D eigenvalue weighted by molar-refractivity contribution is 7.15. The lowest BCUT2D eigenvalue weighted by molar-refractivity contribution is -0.0248. The highest BCUT2D eigenvalue weighted by Crippen LogP contribution is 2.26. The number of hydrogen-bond donors (Lipinski definition) is 1. The van der Waals surface area contributed by atoms with E-state index in [9.17, 15) is 4.79 Å². The number of aromatic nitrogens is 3. The van der Waals surface area contributed by atoms with Crippen LogP contribution in [0.2, 0.25) is 0 Å². The summed E-state index contributed by atoms with van der Waals surface area (Å²) in [6, 6.07) is 11.2. The lowest BCUT2D eigenvalue weighted by atomic mass is 10.1. The summed E-state index contributed by atoms with van der Waals surface area (Å²) in [4.78, 5) is 29.0. The van der Waals surface area contributed by atoms with Crippen molar-refractivity contribution in [3.63, 3.8) is 0 Å². The molecule has 1 N–H and O–H groups in total. The van der Waals surface area contributed by atoms with Crippen molar-refractivity contribution in [2.75, 3.05) is 25.0 Å². The minimum atomic E-state index is -0.290. The molecule has 1 amide bonds. The summed E-state index contributed by atoms with van der Waals surface area (Å²) in [5.41, 5.74) is 1.44. The second-order valence-corrected chi connectivity index (χ2v) is 7.84. The third-order valence-electron chi connectivity index (χ3n) is 4.42. The highest BCUT2D eigenvalue weighted by Gasteiger charge is 2.27. The Balaban J connectivity index is 1.52. The van der Waals surface area contributed by atoms with Gasteiger partial charge in [0.2, 0.25) is 0 Å². The number of ether oxygens (including phenoxy) is 1. The van der Waals surface area contributed by atoms with Gasteiger partial charge in [-0.3, -0.25) is 4.79 Å². The first kappa shape index (κ1) is 18.5. The van der Waals surface area contributed by atoms with Gasteiger partial charge in [0.05, 0.1) is 18.8 Å². The number of nitrogens with one attached hydrogen (secondary N) is 1. The molecule has 0 radical (unpaired) electrons. The fourth-order valence-corrected chi connectivity index (χ4v) is 3.79. The second kappa shape index (κ2) is 8.04. The third kappa shape index (κ3) is 4.18. The van der Waals surface area contributed by atoms with Gasteiger partial charge in [-0.15, -0.1) is 11.3 Å². The maximum Gasteiger partial charge on any atom is 0.254 e. The van der Waals surface area contributed by atoms with Gasteiger partial charge in [0.15, 0.2) is 5.13 Å². The van der Waals surface area contributed by atoms with Gasteiger partial charge in [-0.1, -0.05) is 18.2 Å². The first-order valence-corrected chi connectivity index (χ1v) is 9.91. The van der Waals surface area contributed by atoms with Crippen LogP contribution in [0.5, 0.6) is 0 Å². The zero-order valence-electron chi connectivity index (χ0n) is 15.8. The van der Waals surface area contributed by atoms with Crippen molar-refractivity contribution in [1.82, 2.24) is 19.9 Å². The largest absolute Gasteiger partial charge is 0.368 e. The average Bonchev–Trinajstić information content (AvgIpc) is 3.12. The van der Waals surface area contributed by atoms with Crippen molar-refractivity contribution in [3.8, 4) is 0 Å². The number of aryl methyl sites for hydroxylation is 2. The molecule has 0 saturated carbocycles. The number of hydrogen-bond acceptors (Lipinski definition) is 7. The first-order valence-electron chi connectivity index (χ1n) is 9.09. The summed E-state index contributed by atoms with van der Waals surface area (Å²) in [5.74, 6) is 1.33. The van der Waals surface area contributed by atoms with E-state index < -0.39 is 0 Å². The maximum absolute atomic E-state index is 12.8. The molecular weight excluding hydrogens is 374 g/mol. The molecule has 144 valence electrons. The third-order valence-corrected chi connectivity index (χ3v) is 5.25. The summed E-state index contributed by atoms with van der Waals surface area (Å²) in [7, 11) is 0. The molecule has 3 aromatic rings. The lowest BCUT2D eigenvalue weighted by Crippen LogP contribution is -2.42. The lowest BCUT2D eigenvalue weighted by Gasteiger charge is -2.33. The van der Waals surface area contributed by atoms with Gasteiger partial charge in [-0.05, 0) is 26.0 Å². The molecule has 1 aliphatic heterocycles. The predicted octanol–water partition coefficient (Wildman–Crippen LogP) is 3.51. The Bertz CT molecular complexity index is 976. The molecule has 8 heteroatoms. The van der Waals surface area contributed by atoms with Crippen molar-refractivity contribution < 1.29 is 9.53 Å². The van der Waals surface area contributed by atoms with Crippen LogP contribution in [0.15, 0.2) is 42.6 Å². The van der Waals surface area contributed by atoms with Gasteiger partial charge in [-0.25, -0.2) is 15.0 Å². The van der Waals surface area contributed by atoms with Gasteiger partial charge in [0.1, 0.15) is 17.7 Å². The Morgan fingerprint density at radius 3 is 2.82 bits per heavy atom. The van der Waals surface area contributed by atoms with Crippen LogP contribution in [-0.4, -0.2) is 45.5 Å². The smallest absolute Gasteiger partial charge is 0.254 e. The fourth-order valence-electron chi connectivity index (χ4n) is 3.12. The zero-order chi connectivity index (χ0) is 19.5. The SMILES string of the molecule is Cc1nc(Nc2ncc(C)s2)cc([C@H]2CN(C(=O)c3ccccc3)CCO2)n1. The van der Waals surface area contributed by atoms with Crippen molar-refractivity contribution >= 4 is 28.2 Å². The first-order chi connectivity index (χ1) is 13.6. The van der Waals surface area contributed by atoms with Gasteiger partial charge < -0.3 is 15.0 Å². The van der Waals surface area contributed by atoms with E-state index in [2.05, 4.69) is 20.3 Å². The van der Waals surface area contributed by atoms with E-state index in [0.717, 1.165) is 15.7 Å². The molecule has 0 aliphatic carbocycles. The molecule has 28 heavy (non-hydrogen) atoms. The van der Waals surface area contributed by atoms with E-state index in [-0.39, 0.29) is 12.0 Å². The summed E-state index contributed by atoms with van der Waals surface area (Å²) in [6.07, 6.45) is 1.53. The minimum Gasteiger partial charge on any atom is -0.368 e. The Hall–Kier alpha value is -2.84. The Morgan fingerprint density at radius 2 is 2.07 bits per heavy atom. The predicted molar refractivity (Wildman–Crippen MR) is 108 cm³/mol. The highest BCUT2D eigenvalue weighted by atomic mass is 32.1. The number of nitrogens with zero attached hydrogens (tertiary/aromatic N) is 4. The van der Waals surface area contributed by atoms with Crippen LogP contribution in [0.25, 0.3) is 0 Å². The van der Waals surface area contributed by atoms with Crippen molar-refractivity contribution in [2.45, 2.75) is 20.0 Å². The molecule has 0 bridgehead atoms. The van der Waals surface area contributed by atoms with Crippen LogP contribution in [0.4, 0.5) is 10.9 Å². The van der Waals surface area contributed by atoms with Crippen LogP contribution in [0.3, 0.4) is 0 Å². The number of morpholine rings is 1. The molecule has 1 saturated heterocycles. The van der Waals surface area contributed by atoms with E-state index in [1.807, 2.05) is 61.3 Å². The van der Waals surface area contributed by atoms with E-state index in [1.165, 1.54) is 0 Å². The van der Waals surface area contributed by atoms with Gasteiger partial charge in [-0.2, -0.15) is 0 Å². The fraction of sp³-hybridized carbons (Fsp3) is 0.300. The standard InChI is InChI=1S/C20H21N5O2S/c1-13-11-21-20(28-13)24-18-10-16(22-14(2)23-18)17-12-25(8-9-27-17)19(26)15-6-4-3-5-7-15/h3-7,10-11,17H,8-9,12H2,1-2H3,(H,21,22,23,24)/t17-/m1/s1. The molecule has 1 aliphatic rings. The average molecular weight is 395 g/mol. The molecule has 7 nitrogen and oxygen atoms in total. The minimum absolute atomic E-state index is 0.0105. The number of rotatable bonds is 4. The summed E-state index contributed by atoms with van der Waals surface area (Å²) in [6.45, 7) is 5.35. The topological polar surface area (TPSA) is 80.2 Å². The molecule has 4 rings (SSSR count). The molecule has 1 fully saturated rings. The van der Waals surface area contributed by atoms with E-state index in [4.69, 9.17) is 4.74 Å².